The molecule has 30 heavy (non-hydrogen) atoms. The SMILES string of the molecule is Cc1cc2ccn(CCO)c2cc1NC(=O)C1=CNC(=O)CC1c1ccc(F)cc1. The Bertz CT molecular complexity index is 1150. The Balaban J connectivity index is 1.64. The van der Waals surface area contributed by atoms with E-state index in [-0.39, 0.29) is 30.7 Å². The first kappa shape index (κ1) is 19.8. The molecule has 0 spiro atoms. The van der Waals surface area contributed by atoms with Gasteiger partial charge in [0.2, 0.25) is 5.91 Å². The van der Waals surface area contributed by atoms with E-state index in [1.54, 1.807) is 12.1 Å². The molecule has 4 rings (SSSR count). The third-order valence-electron chi connectivity index (χ3n) is 5.39. The lowest BCUT2D eigenvalue weighted by Crippen LogP contribution is -2.32. The summed E-state index contributed by atoms with van der Waals surface area (Å²) >= 11 is 0. The number of hydrogen-bond acceptors (Lipinski definition) is 3. The number of carbonyl (C=O) groups is 2. The lowest BCUT2D eigenvalue weighted by atomic mass is 9.86. The van der Waals surface area contributed by atoms with E-state index in [4.69, 9.17) is 0 Å². The molecule has 0 aliphatic carbocycles. The van der Waals surface area contributed by atoms with Crippen LogP contribution in [0.4, 0.5) is 10.1 Å². The number of fused-ring (bicyclic) bond motifs is 1. The van der Waals surface area contributed by atoms with Crippen LogP contribution in [0.25, 0.3) is 10.9 Å². The van der Waals surface area contributed by atoms with Crippen LogP contribution in [-0.2, 0) is 16.1 Å². The predicted molar refractivity (Wildman–Crippen MR) is 112 cm³/mol. The van der Waals surface area contributed by atoms with Gasteiger partial charge in [-0.1, -0.05) is 12.1 Å². The second kappa shape index (κ2) is 8.12. The number of benzene rings is 2. The summed E-state index contributed by atoms with van der Waals surface area (Å²) in [6.07, 6.45) is 3.44. The molecule has 2 amide bonds. The first-order valence-corrected chi connectivity index (χ1v) is 9.73. The van der Waals surface area contributed by atoms with E-state index in [0.717, 1.165) is 16.5 Å². The standard InChI is InChI=1S/C23H22FN3O3/c1-14-10-16-6-7-27(8-9-28)21(16)12-20(14)26-23(30)19-13-25-22(29)11-18(19)15-2-4-17(24)5-3-15/h2-7,10,12-13,18,28H,8-9,11H2,1H3,(H,25,29)(H,26,30). The summed E-state index contributed by atoms with van der Waals surface area (Å²) in [7, 11) is 0. The van der Waals surface area contributed by atoms with Crippen LogP contribution in [0.3, 0.4) is 0 Å². The van der Waals surface area contributed by atoms with Gasteiger partial charge in [0.05, 0.1) is 12.1 Å². The molecule has 0 fully saturated rings. The lowest BCUT2D eigenvalue weighted by molar-refractivity contribution is -0.121. The number of nitrogens with zero attached hydrogens (tertiary/aromatic N) is 1. The Kier molecular flexibility index (Phi) is 5.37. The molecule has 6 nitrogen and oxygen atoms in total. The molecule has 0 radical (unpaired) electrons. The smallest absolute Gasteiger partial charge is 0.253 e. The summed E-state index contributed by atoms with van der Waals surface area (Å²) in [6, 6.07) is 11.7. The number of amides is 2. The van der Waals surface area contributed by atoms with Gasteiger partial charge < -0.3 is 20.3 Å². The van der Waals surface area contributed by atoms with Gasteiger partial charge in [-0.25, -0.2) is 4.39 Å². The maximum absolute atomic E-state index is 13.3. The van der Waals surface area contributed by atoms with Crippen molar-refractivity contribution in [3.8, 4) is 0 Å². The molecule has 2 heterocycles. The number of aromatic nitrogens is 1. The second-order valence-electron chi connectivity index (χ2n) is 7.39. The van der Waals surface area contributed by atoms with Crippen molar-refractivity contribution >= 4 is 28.4 Å². The summed E-state index contributed by atoms with van der Waals surface area (Å²) < 4.78 is 15.2. The van der Waals surface area contributed by atoms with Gasteiger partial charge in [0.25, 0.3) is 5.91 Å². The minimum Gasteiger partial charge on any atom is -0.395 e. The highest BCUT2D eigenvalue weighted by atomic mass is 19.1. The third-order valence-corrected chi connectivity index (χ3v) is 5.39. The van der Waals surface area contributed by atoms with Crippen molar-refractivity contribution in [2.24, 2.45) is 0 Å². The highest BCUT2D eigenvalue weighted by Gasteiger charge is 2.29. The molecule has 3 aromatic rings. The Morgan fingerprint density at radius 3 is 2.77 bits per heavy atom. The van der Waals surface area contributed by atoms with E-state index in [1.165, 1.54) is 18.3 Å². The number of aliphatic hydroxyl groups is 1. The van der Waals surface area contributed by atoms with Gasteiger partial charge in [0, 0.05) is 42.5 Å². The highest BCUT2D eigenvalue weighted by Crippen LogP contribution is 2.32. The molecular formula is C23H22FN3O3. The molecule has 1 aliphatic rings. The summed E-state index contributed by atoms with van der Waals surface area (Å²) in [4.78, 5) is 25.0. The maximum Gasteiger partial charge on any atom is 0.253 e. The van der Waals surface area contributed by atoms with E-state index in [1.807, 2.05) is 35.9 Å². The van der Waals surface area contributed by atoms with Crippen molar-refractivity contribution < 1.29 is 19.1 Å². The molecule has 154 valence electrons. The van der Waals surface area contributed by atoms with Gasteiger partial charge in [0.1, 0.15) is 5.82 Å². The number of halogens is 1. The summed E-state index contributed by atoms with van der Waals surface area (Å²) in [6.45, 7) is 2.39. The zero-order chi connectivity index (χ0) is 21.3. The monoisotopic (exact) mass is 407 g/mol. The van der Waals surface area contributed by atoms with Crippen LogP contribution in [0.5, 0.6) is 0 Å². The van der Waals surface area contributed by atoms with Crippen LogP contribution in [0.2, 0.25) is 0 Å². The maximum atomic E-state index is 13.3. The van der Waals surface area contributed by atoms with Crippen molar-refractivity contribution in [3.05, 3.63) is 77.4 Å². The van der Waals surface area contributed by atoms with E-state index < -0.39 is 5.92 Å². The van der Waals surface area contributed by atoms with Crippen LogP contribution in [0, 0.1) is 12.7 Å². The number of nitrogens with one attached hydrogen (secondary N) is 2. The topological polar surface area (TPSA) is 83.4 Å². The summed E-state index contributed by atoms with van der Waals surface area (Å²) in [5, 5.41) is 15.8. The predicted octanol–water partition coefficient (Wildman–Crippen LogP) is 3.21. The molecule has 1 unspecified atom stereocenters. The third kappa shape index (κ3) is 3.84. The Morgan fingerprint density at radius 1 is 1.27 bits per heavy atom. The molecular weight excluding hydrogens is 385 g/mol. The van der Waals surface area contributed by atoms with E-state index in [0.29, 0.717) is 23.4 Å². The molecule has 0 saturated heterocycles. The van der Waals surface area contributed by atoms with E-state index in [9.17, 15) is 19.1 Å². The van der Waals surface area contributed by atoms with Gasteiger partial charge >= 0.3 is 0 Å². The fourth-order valence-electron chi connectivity index (χ4n) is 3.81. The number of anilines is 1. The normalized spacial score (nSPS) is 16.3. The average Bonchev–Trinajstić information content (AvgIpc) is 3.10. The Hall–Kier alpha value is -3.45. The van der Waals surface area contributed by atoms with Crippen LogP contribution in [0.15, 0.2) is 60.4 Å². The summed E-state index contributed by atoms with van der Waals surface area (Å²) in [5.41, 5.74) is 3.58. The number of aryl methyl sites for hydroxylation is 1. The fourth-order valence-corrected chi connectivity index (χ4v) is 3.81. The number of rotatable bonds is 5. The van der Waals surface area contributed by atoms with Crippen molar-refractivity contribution in [1.29, 1.82) is 0 Å². The van der Waals surface area contributed by atoms with Gasteiger partial charge in [0.15, 0.2) is 0 Å². The van der Waals surface area contributed by atoms with Crippen molar-refractivity contribution in [3.63, 3.8) is 0 Å². The minimum atomic E-state index is -0.457. The average molecular weight is 407 g/mol. The zero-order valence-electron chi connectivity index (χ0n) is 16.5. The number of aliphatic hydroxyl groups excluding tert-OH is 1. The molecule has 0 saturated carbocycles. The molecule has 7 heteroatoms. The molecule has 1 aliphatic heterocycles. The van der Waals surface area contributed by atoms with Crippen LogP contribution in [0.1, 0.15) is 23.5 Å². The first-order chi connectivity index (χ1) is 14.5. The highest BCUT2D eigenvalue weighted by molar-refractivity contribution is 6.07. The van der Waals surface area contributed by atoms with Crippen LogP contribution < -0.4 is 10.6 Å². The largest absolute Gasteiger partial charge is 0.395 e. The van der Waals surface area contributed by atoms with Crippen LogP contribution >= 0.6 is 0 Å². The van der Waals surface area contributed by atoms with Crippen molar-refractivity contribution in [2.75, 3.05) is 11.9 Å². The number of carbonyl (C=O) groups excluding carboxylic acids is 2. The Morgan fingerprint density at radius 2 is 2.03 bits per heavy atom. The fraction of sp³-hybridized carbons (Fsp3) is 0.217. The number of hydrogen-bond donors (Lipinski definition) is 3. The molecule has 0 bridgehead atoms. The van der Waals surface area contributed by atoms with Gasteiger partial charge in [-0.05, 0) is 53.8 Å². The Labute approximate surface area is 173 Å². The minimum absolute atomic E-state index is 0.0191. The van der Waals surface area contributed by atoms with E-state index >= 15 is 0 Å². The van der Waals surface area contributed by atoms with Gasteiger partial charge in [-0.2, -0.15) is 0 Å². The lowest BCUT2D eigenvalue weighted by Gasteiger charge is -2.24. The van der Waals surface area contributed by atoms with Crippen molar-refractivity contribution in [1.82, 2.24) is 9.88 Å². The molecule has 1 atom stereocenters. The quantitative estimate of drug-likeness (QED) is 0.607. The first-order valence-electron chi connectivity index (χ1n) is 9.73. The van der Waals surface area contributed by atoms with Crippen molar-refractivity contribution in [2.45, 2.75) is 25.8 Å². The van der Waals surface area contributed by atoms with Gasteiger partial charge in [-0.3, -0.25) is 9.59 Å². The van der Waals surface area contributed by atoms with Gasteiger partial charge in [-0.15, -0.1) is 0 Å². The zero-order valence-corrected chi connectivity index (χ0v) is 16.5. The molecule has 1 aromatic heterocycles. The summed E-state index contributed by atoms with van der Waals surface area (Å²) in [5.74, 6) is -1.35. The van der Waals surface area contributed by atoms with E-state index in [2.05, 4.69) is 10.6 Å². The second-order valence-corrected chi connectivity index (χ2v) is 7.39. The molecule has 2 aromatic carbocycles. The van der Waals surface area contributed by atoms with Crippen LogP contribution in [-0.4, -0.2) is 28.1 Å². The molecule has 3 N–H and O–H groups in total.